The van der Waals surface area contributed by atoms with E-state index in [-0.39, 0.29) is 36.6 Å². The molecule has 2 aliphatic heterocycles. The maximum Gasteiger partial charge on any atom is 0.0836 e. The van der Waals surface area contributed by atoms with Crippen molar-refractivity contribution < 1.29 is 28.4 Å². The molecule has 0 aromatic heterocycles. The number of nitrogens with zero attached hydrogens (tertiary/aromatic N) is 1. The lowest BCUT2D eigenvalue weighted by Crippen LogP contribution is -2.66. The zero-order chi connectivity index (χ0) is 25.4. The van der Waals surface area contributed by atoms with E-state index >= 15 is 0 Å². The smallest absolute Gasteiger partial charge is 0.0836 e. The third-order valence-corrected chi connectivity index (χ3v) is 11.2. The molecule has 3 saturated carbocycles. The van der Waals surface area contributed by atoms with E-state index < -0.39 is 0 Å². The van der Waals surface area contributed by atoms with E-state index in [0.29, 0.717) is 35.8 Å². The molecule has 0 N–H and O–H groups in total. The van der Waals surface area contributed by atoms with E-state index in [9.17, 15) is 0 Å². The Kier molecular flexibility index (Phi) is 8.98. The van der Waals surface area contributed by atoms with Crippen LogP contribution in [0.4, 0.5) is 0 Å². The van der Waals surface area contributed by atoms with Crippen molar-refractivity contribution in [2.75, 3.05) is 49.2 Å². The topological polar surface area (TPSA) is 58.6 Å². The Balaban J connectivity index is 1.44. The zero-order valence-corrected chi connectivity index (χ0v) is 23.5. The van der Waals surface area contributed by atoms with Crippen molar-refractivity contribution in [3.05, 3.63) is 0 Å². The highest BCUT2D eigenvalue weighted by molar-refractivity contribution is 5.08. The minimum Gasteiger partial charge on any atom is -0.379 e. The molecule has 3 aliphatic carbocycles. The lowest BCUT2D eigenvalue weighted by atomic mass is 9.58. The second kappa shape index (κ2) is 11.8. The molecule has 0 aromatic carbocycles. The van der Waals surface area contributed by atoms with Gasteiger partial charge < -0.3 is 28.4 Å². The monoisotopic (exact) mass is 509 g/mol. The first-order valence-electron chi connectivity index (χ1n) is 14.5. The van der Waals surface area contributed by atoms with Crippen LogP contribution in [0.25, 0.3) is 0 Å². The van der Waals surface area contributed by atoms with Crippen LogP contribution in [0.3, 0.4) is 0 Å². The predicted molar refractivity (Wildman–Crippen MR) is 138 cm³/mol. The van der Waals surface area contributed by atoms with E-state index in [2.05, 4.69) is 4.90 Å². The van der Waals surface area contributed by atoms with Gasteiger partial charge in [0.2, 0.25) is 0 Å². The molecule has 2 heterocycles. The molecule has 2 saturated heterocycles. The number of hydrogen-bond acceptors (Lipinski definition) is 7. The maximum atomic E-state index is 6.01. The summed E-state index contributed by atoms with van der Waals surface area (Å²) in [5, 5.41) is 0. The van der Waals surface area contributed by atoms with Gasteiger partial charge in [-0.3, -0.25) is 4.90 Å². The quantitative estimate of drug-likeness (QED) is 0.518. The molecule has 7 nitrogen and oxygen atoms in total. The lowest BCUT2D eigenvalue weighted by molar-refractivity contribution is -0.177. The summed E-state index contributed by atoms with van der Waals surface area (Å²) < 4.78 is 35.7. The van der Waals surface area contributed by atoms with Gasteiger partial charge in [-0.15, -0.1) is 0 Å². The largest absolute Gasteiger partial charge is 0.379 e. The molecule has 12 unspecified atom stereocenters. The summed E-state index contributed by atoms with van der Waals surface area (Å²) in [6.45, 7) is 1.21. The molecule has 0 spiro atoms. The zero-order valence-electron chi connectivity index (χ0n) is 23.5. The molecule has 0 amide bonds. The van der Waals surface area contributed by atoms with Crippen molar-refractivity contribution in [3.8, 4) is 0 Å². The number of ether oxygens (including phenoxy) is 6. The highest BCUT2D eigenvalue weighted by atomic mass is 16.5. The number of piperidine rings is 2. The third-order valence-electron chi connectivity index (χ3n) is 11.2. The molecule has 5 fully saturated rings. The molecule has 5 aliphatic rings. The number of rotatable bonds is 7. The summed E-state index contributed by atoms with van der Waals surface area (Å²) in [6.07, 6.45) is 11.7. The molecule has 0 radical (unpaired) electrons. The fourth-order valence-corrected chi connectivity index (χ4v) is 9.50. The molecule has 13 atom stereocenters. The SMILES string of the molecule is COC1CCC([C@@H]2C3CC(OC)C(OC)CC3CC3C4CC(OC)C(OC)CC4CCN32)CC1OC. The normalized spacial score (nSPS) is 49.7. The molecular formula is C29H51NO6. The Morgan fingerprint density at radius 1 is 0.444 bits per heavy atom. The van der Waals surface area contributed by atoms with Crippen molar-refractivity contribution in [1.82, 2.24) is 4.90 Å². The van der Waals surface area contributed by atoms with Gasteiger partial charge in [0.25, 0.3) is 0 Å². The average Bonchev–Trinajstić information content (AvgIpc) is 2.93. The minimum absolute atomic E-state index is 0.189. The van der Waals surface area contributed by atoms with Gasteiger partial charge >= 0.3 is 0 Å². The Bertz CT molecular complexity index is 709. The molecule has 36 heavy (non-hydrogen) atoms. The predicted octanol–water partition coefficient (Wildman–Crippen LogP) is 3.78. The fraction of sp³-hybridized carbons (Fsp3) is 1.00. The molecule has 7 heteroatoms. The van der Waals surface area contributed by atoms with Crippen LogP contribution in [0, 0.1) is 29.6 Å². The Hall–Kier alpha value is -0.280. The average molecular weight is 510 g/mol. The number of hydrogen-bond donors (Lipinski definition) is 0. The van der Waals surface area contributed by atoms with Crippen LogP contribution < -0.4 is 0 Å². The highest BCUT2D eigenvalue weighted by Gasteiger charge is 2.56. The summed E-state index contributed by atoms with van der Waals surface area (Å²) in [6, 6.07) is 1.21. The molecule has 5 rings (SSSR count). The standard InChI is InChI=1S/C29H51NO6/c1-31-23-8-7-18(13-24(23)32-2)29-21-16-28(36-6)26(34-4)14-19(21)11-22-20-15-27(35-5)25(33-3)12-17(20)9-10-30(22)29/h17-29H,7-16H2,1-6H3/t17?,18?,19?,20?,21?,22?,23?,24?,25?,26?,27?,28?,29-/m1/s1. The van der Waals surface area contributed by atoms with E-state index in [1.165, 1.54) is 25.8 Å². The number of fused-ring (bicyclic) bond motifs is 4. The summed E-state index contributed by atoms with van der Waals surface area (Å²) in [7, 11) is 11.2. The van der Waals surface area contributed by atoms with Gasteiger partial charge in [-0.1, -0.05) is 0 Å². The molecule has 0 bridgehead atoms. The second-order valence-corrected chi connectivity index (χ2v) is 12.3. The summed E-state index contributed by atoms with van der Waals surface area (Å²) in [5.41, 5.74) is 0. The van der Waals surface area contributed by atoms with Crippen LogP contribution in [-0.4, -0.2) is 103 Å². The van der Waals surface area contributed by atoms with Crippen molar-refractivity contribution in [3.63, 3.8) is 0 Å². The van der Waals surface area contributed by atoms with Crippen LogP contribution in [0.5, 0.6) is 0 Å². The van der Waals surface area contributed by atoms with Gasteiger partial charge in [-0.05, 0) is 93.9 Å². The minimum atomic E-state index is 0.189. The fourth-order valence-electron chi connectivity index (χ4n) is 9.50. The van der Waals surface area contributed by atoms with Gasteiger partial charge in [0.05, 0.1) is 36.6 Å². The van der Waals surface area contributed by atoms with Crippen LogP contribution in [0.15, 0.2) is 0 Å². The van der Waals surface area contributed by atoms with Crippen molar-refractivity contribution in [2.24, 2.45) is 29.6 Å². The van der Waals surface area contributed by atoms with Crippen LogP contribution in [-0.2, 0) is 28.4 Å². The van der Waals surface area contributed by atoms with Crippen LogP contribution in [0.1, 0.15) is 57.8 Å². The highest BCUT2D eigenvalue weighted by Crippen LogP contribution is 2.54. The second-order valence-electron chi connectivity index (χ2n) is 12.3. The van der Waals surface area contributed by atoms with E-state index in [0.717, 1.165) is 44.4 Å². The summed E-state index contributed by atoms with van der Waals surface area (Å²) in [5.74, 6) is 3.41. The Morgan fingerprint density at radius 3 is 1.56 bits per heavy atom. The molecule has 0 aromatic rings. The van der Waals surface area contributed by atoms with Gasteiger partial charge in [-0.25, -0.2) is 0 Å². The van der Waals surface area contributed by atoms with Crippen LogP contribution in [0.2, 0.25) is 0 Å². The van der Waals surface area contributed by atoms with E-state index in [4.69, 9.17) is 28.4 Å². The molecule has 208 valence electrons. The lowest BCUT2D eigenvalue weighted by Gasteiger charge is -2.62. The Morgan fingerprint density at radius 2 is 0.944 bits per heavy atom. The first-order chi connectivity index (χ1) is 17.6. The van der Waals surface area contributed by atoms with Crippen LogP contribution >= 0.6 is 0 Å². The van der Waals surface area contributed by atoms with Gasteiger partial charge in [-0.2, -0.15) is 0 Å². The van der Waals surface area contributed by atoms with Gasteiger partial charge in [0.15, 0.2) is 0 Å². The maximum absolute atomic E-state index is 6.01. The van der Waals surface area contributed by atoms with Gasteiger partial charge in [0.1, 0.15) is 0 Å². The first kappa shape index (κ1) is 27.3. The summed E-state index contributed by atoms with van der Waals surface area (Å²) >= 11 is 0. The molecular weight excluding hydrogens is 458 g/mol. The van der Waals surface area contributed by atoms with E-state index in [1.807, 2.05) is 42.7 Å². The Labute approximate surface area is 218 Å². The van der Waals surface area contributed by atoms with Crippen molar-refractivity contribution in [2.45, 2.75) is 106 Å². The van der Waals surface area contributed by atoms with E-state index in [1.54, 1.807) is 0 Å². The van der Waals surface area contributed by atoms with Gasteiger partial charge in [0, 0.05) is 54.7 Å². The van der Waals surface area contributed by atoms with Crippen molar-refractivity contribution >= 4 is 0 Å². The summed E-state index contributed by atoms with van der Waals surface area (Å²) in [4.78, 5) is 2.98. The first-order valence-corrected chi connectivity index (χ1v) is 14.5. The number of methoxy groups -OCH3 is 6. The third kappa shape index (κ3) is 4.91. The van der Waals surface area contributed by atoms with Crippen molar-refractivity contribution in [1.29, 1.82) is 0 Å².